The van der Waals surface area contributed by atoms with Crippen LogP contribution in [-0.2, 0) is 17.7 Å². The van der Waals surface area contributed by atoms with Gasteiger partial charge in [0, 0.05) is 32.1 Å². The Kier molecular flexibility index (Phi) is 12.0. The lowest BCUT2D eigenvalue weighted by Gasteiger charge is -2.36. The summed E-state index contributed by atoms with van der Waals surface area (Å²) in [6.07, 6.45) is 0. The van der Waals surface area contributed by atoms with Crippen molar-refractivity contribution < 1.29 is 17.7 Å². The quantitative estimate of drug-likeness (QED) is 0.373. The second-order valence-corrected chi connectivity index (χ2v) is 16.4. The third-order valence-electron chi connectivity index (χ3n) is 3.53. The minimum absolute atomic E-state index is 0.496. The maximum Gasteiger partial charge on any atom is 0.336 e. The van der Waals surface area contributed by atoms with E-state index in [2.05, 4.69) is 68.5 Å². The first-order chi connectivity index (χ1) is 11.4. The maximum atomic E-state index is 6.34. The van der Waals surface area contributed by atoms with Gasteiger partial charge in [-0.2, -0.15) is 0 Å². The first kappa shape index (κ1) is 25.3. The Morgan fingerprint density at radius 1 is 0.480 bits per heavy atom. The van der Waals surface area contributed by atoms with Crippen molar-refractivity contribution in [3.8, 4) is 0 Å². The summed E-state index contributed by atoms with van der Waals surface area (Å²) < 4.78 is 25.4. The highest BCUT2D eigenvalue weighted by atomic mass is 28.4. The maximum absolute atomic E-state index is 6.34. The standard InChI is InChI=1S/C19H44O4Si2/c1-16(2)11-20-24(9,21-12-17(3)4)15-25(10,22-13-18(5)6)23-14-19(7)8/h16-19H,11-15H2,1-10H3. The fraction of sp³-hybridized carbons (Fsp3) is 1.00. The topological polar surface area (TPSA) is 36.9 Å². The van der Waals surface area contributed by atoms with Gasteiger partial charge >= 0.3 is 17.1 Å². The van der Waals surface area contributed by atoms with Crippen molar-refractivity contribution >= 4 is 17.1 Å². The van der Waals surface area contributed by atoms with Crippen LogP contribution in [0.15, 0.2) is 0 Å². The molecule has 25 heavy (non-hydrogen) atoms. The van der Waals surface area contributed by atoms with E-state index in [9.17, 15) is 0 Å². The van der Waals surface area contributed by atoms with Crippen LogP contribution in [0.1, 0.15) is 55.4 Å². The van der Waals surface area contributed by atoms with Crippen LogP contribution in [0.3, 0.4) is 0 Å². The molecule has 0 amide bonds. The fourth-order valence-corrected chi connectivity index (χ4v) is 11.5. The van der Waals surface area contributed by atoms with E-state index in [-0.39, 0.29) is 0 Å². The Labute approximate surface area is 159 Å². The molecule has 0 aliphatic heterocycles. The van der Waals surface area contributed by atoms with Crippen molar-refractivity contribution in [1.82, 2.24) is 0 Å². The molecule has 0 saturated carbocycles. The lowest BCUT2D eigenvalue weighted by Crippen LogP contribution is -2.53. The molecule has 0 unspecified atom stereocenters. The number of hydrogen-bond donors (Lipinski definition) is 0. The Morgan fingerprint density at radius 2 is 0.680 bits per heavy atom. The molecule has 0 fully saturated rings. The van der Waals surface area contributed by atoms with E-state index in [0.29, 0.717) is 23.7 Å². The van der Waals surface area contributed by atoms with Crippen LogP contribution in [0.25, 0.3) is 0 Å². The van der Waals surface area contributed by atoms with Crippen molar-refractivity contribution in [3.05, 3.63) is 0 Å². The molecule has 0 radical (unpaired) electrons. The van der Waals surface area contributed by atoms with E-state index in [4.69, 9.17) is 17.7 Å². The molecule has 0 rings (SSSR count). The summed E-state index contributed by atoms with van der Waals surface area (Å²) in [6.45, 7) is 24.7. The van der Waals surface area contributed by atoms with Gasteiger partial charge in [0.15, 0.2) is 0 Å². The van der Waals surface area contributed by atoms with Crippen LogP contribution in [0.5, 0.6) is 0 Å². The highest BCUT2D eigenvalue weighted by Gasteiger charge is 2.46. The minimum atomic E-state index is -2.34. The Bertz CT molecular complexity index is 290. The van der Waals surface area contributed by atoms with Gasteiger partial charge in [-0.3, -0.25) is 0 Å². The van der Waals surface area contributed by atoms with E-state index in [1.54, 1.807) is 0 Å². The van der Waals surface area contributed by atoms with E-state index < -0.39 is 17.1 Å². The zero-order valence-corrected chi connectivity index (χ0v) is 20.5. The van der Waals surface area contributed by atoms with Gasteiger partial charge in [0.1, 0.15) is 0 Å². The third-order valence-corrected chi connectivity index (χ3v) is 11.8. The monoisotopic (exact) mass is 392 g/mol. The fourth-order valence-electron chi connectivity index (χ4n) is 2.24. The van der Waals surface area contributed by atoms with Crippen molar-refractivity contribution in [1.29, 1.82) is 0 Å². The summed E-state index contributed by atoms with van der Waals surface area (Å²) >= 11 is 0. The van der Waals surface area contributed by atoms with Gasteiger partial charge in [-0.15, -0.1) is 0 Å². The van der Waals surface area contributed by atoms with E-state index in [1.165, 1.54) is 0 Å². The molecule has 0 aromatic carbocycles. The van der Waals surface area contributed by atoms with E-state index in [1.807, 2.05) is 0 Å². The SMILES string of the molecule is CC(C)CO[Si](C)(C[Si](C)(OCC(C)C)OCC(C)C)OCC(C)C. The van der Waals surface area contributed by atoms with Gasteiger partial charge in [-0.05, 0) is 36.8 Å². The highest BCUT2D eigenvalue weighted by molar-refractivity contribution is 6.84. The summed E-state index contributed by atoms with van der Waals surface area (Å²) in [5.41, 5.74) is 0.818. The van der Waals surface area contributed by atoms with Gasteiger partial charge in [-0.25, -0.2) is 0 Å². The molecule has 152 valence electrons. The largest absolute Gasteiger partial charge is 0.394 e. The Balaban J connectivity index is 5.16. The summed E-state index contributed by atoms with van der Waals surface area (Å²) in [5, 5.41) is 0. The smallest absolute Gasteiger partial charge is 0.336 e. The third kappa shape index (κ3) is 13.1. The predicted octanol–water partition coefficient (Wildman–Crippen LogP) is 5.36. The van der Waals surface area contributed by atoms with Crippen LogP contribution in [0, 0.1) is 23.7 Å². The van der Waals surface area contributed by atoms with Gasteiger partial charge in [0.05, 0.1) is 0 Å². The molecule has 6 heteroatoms. The zero-order chi connectivity index (χ0) is 19.7. The molecule has 0 aromatic rings. The molecule has 0 N–H and O–H groups in total. The van der Waals surface area contributed by atoms with Crippen LogP contribution in [0.2, 0.25) is 18.8 Å². The number of hydrogen-bond acceptors (Lipinski definition) is 4. The van der Waals surface area contributed by atoms with Gasteiger partial charge in [0.2, 0.25) is 0 Å². The minimum Gasteiger partial charge on any atom is -0.394 e. The van der Waals surface area contributed by atoms with Crippen LogP contribution >= 0.6 is 0 Å². The van der Waals surface area contributed by atoms with Crippen LogP contribution in [0.4, 0.5) is 0 Å². The van der Waals surface area contributed by atoms with Gasteiger partial charge < -0.3 is 17.7 Å². The lowest BCUT2D eigenvalue weighted by molar-refractivity contribution is 0.125. The molecule has 0 bridgehead atoms. The molecule has 0 atom stereocenters. The normalized spacial score (nSPS) is 13.7. The lowest BCUT2D eigenvalue weighted by atomic mass is 10.2. The molecule has 0 aromatic heterocycles. The molecule has 0 aliphatic rings. The molecule has 0 saturated heterocycles. The first-order valence-corrected chi connectivity index (χ1v) is 15.0. The zero-order valence-electron chi connectivity index (χ0n) is 18.5. The highest BCUT2D eigenvalue weighted by Crippen LogP contribution is 2.26. The Morgan fingerprint density at radius 3 is 0.840 bits per heavy atom. The Hall–Kier alpha value is 0.274. The van der Waals surface area contributed by atoms with Gasteiger partial charge in [-0.1, -0.05) is 55.4 Å². The molecule has 4 nitrogen and oxygen atoms in total. The molecule has 0 spiro atoms. The van der Waals surface area contributed by atoms with Crippen LogP contribution in [-0.4, -0.2) is 43.5 Å². The van der Waals surface area contributed by atoms with Gasteiger partial charge in [0.25, 0.3) is 0 Å². The molecule has 0 aliphatic carbocycles. The van der Waals surface area contributed by atoms with E-state index in [0.717, 1.165) is 32.1 Å². The average molecular weight is 393 g/mol. The van der Waals surface area contributed by atoms with Crippen molar-refractivity contribution in [2.24, 2.45) is 23.7 Å². The summed E-state index contributed by atoms with van der Waals surface area (Å²) in [4.78, 5) is 0. The van der Waals surface area contributed by atoms with Crippen molar-refractivity contribution in [2.45, 2.75) is 74.2 Å². The molecular weight excluding hydrogens is 348 g/mol. The molecule has 0 heterocycles. The summed E-state index contributed by atoms with van der Waals surface area (Å²) in [7, 11) is -4.69. The molecular formula is C19H44O4Si2. The predicted molar refractivity (Wildman–Crippen MR) is 111 cm³/mol. The first-order valence-electron chi connectivity index (χ1n) is 9.93. The van der Waals surface area contributed by atoms with E-state index >= 15 is 0 Å². The summed E-state index contributed by atoms with van der Waals surface area (Å²) in [5.74, 6) is 1.98. The second kappa shape index (κ2) is 11.9. The van der Waals surface area contributed by atoms with Crippen LogP contribution < -0.4 is 0 Å². The van der Waals surface area contributed by atoms with Crippen molar-refractivity contribution in [2.75, 3.05) is 26.4 Å². The number of rotatable bonds is 14. The average Bonchev–Trinajstić information content (AvgIpc) is 2.48. The summed E-state index contributed by atoms with van der Waals surface area (Å²) in [6, 6.07) is 0. The van der Waals surface area contributed by atoms with Crippen molar-refractivity contribution in [3.63, 3.8) is 0 Å². The second-order valence-electron chi connectivity index (χ2n) is 9.26.